The SMILES string of the molecule is Cc1cc(OCCCC2=C(C(=O)NCCC(=O)NS(=O)(=O)c3ccc([N+](=O)[O-])cc3)Cc3ccccc32)cc(C)c1Cl. The summed E-state index contributed by atoms with van der Waals surface area (Å²) in [5.41, 5.74) is 5.17. The number of amides is 2. The standard InChI is InChI=1S/C30H30ClN3O7S/c1-19-16-23(17-20(2)29(19)31)41-15-5-8-26-25-7-4-3-6-21(25)18-27(26)30(36)32-14-13-28(35)33-42(39,40)24-11-9-22(10-12-24)34(37)38/h3-4,6-7,9-12,16-17H,5,8,13-15,18H2,1-2H3,(H,32,36)(H,33,35). The first-order valence-electron chi connectivity index (χ1n) is 13.2. The van der Waals surface area contributed by atoms with Crippen molar-refractivity contribution in [3.8, 4) is 5.75 Å². The fraction of sp³-hybridized carbons (Fsp3) is 0.267. The van der Waals surface area contributed by atoms with E-state index >= 15 is 0 Å². The highest BCUT2D eigenvalue weighted by atomic mass is 35.5. The van der Waals surface area contributed by atoms with E-state index in [1.54, 1.807) is 0 Å². The topological polar surface area (TPSA) is 145 Å². The molecule has 0 bridgehead atoms. The van der Waals surface area contributed by atoms with E-state index in [0.29, 0.717) is 36.5 Å². The van der Waals surface area contributed by atoms with Gasteiger partial charge < -0.3 is 10.1 Å². The molecule has 2 N–H and O–H groups in total. The number of nitro benzene ring substituents is 1. The van der Waals surface area contributed by atoms with E-state index in [1.807, 2.05) is 55.0 Å². The van der Waals surface area contributed by atoms with Crippen molar-refractivity contribution in [3.05, 3.63) is 104 Å². The summed E-state index contributed by atoms with van der Waals surface area (Å²) in [7, 11) is -4.22. The lowest BCUT2D eigenvalue weighted by molar-refractivity contribution is -0.384. The highest BCUT2D eigenvalue weighted by Crippen LogP contribution is 2.36. The molecule has 12 heteroatoms. The number of nitro groups is 1. The summed E-state index contributed by atoms with van der Waals surface area (Å²) in [6.07, 6.45) is 1.46. The Morgan fingerprint density at radius 3 is 2.38 bits per heavy atom. The van der Waals surface area contributed by atoms with Crippen molar-refractivity contribution in [1.82, 2.24) is 10.0 Å². The van der Waals surface area contributed by atoms with Gasteiger partial charge in [0.25, 0.3) is 15.7 Å². The van der Waals surface area contributed by atoms with Gasteiger partial charge in [0.05, 0.1) is 16.4 Å². The van der Waals surface area contributed by atoms with Gasteiger partial charge in [-0.05, 0) is 78.8 Å². The van der Waals surface area contributed by atoms with Gasteiger partial charge in [-0.15, -0.1) is 0 Å². The number of carbonyl (C=O) groups is 2. The molecule has 0 aromatic heterocycles. The second kappa shape index (κ2) is 13.2. The third-order valence-electron chi connectivity index (χ3n) is 6.84. The predicted molar refractivity (Wildman–Crippen MR) is 159 cm³/mol. The first-order valence-corrected chi connectivity index (χ1v) is 15.1. The molecule has 3 aromatic rings. The predicted octanol–water partition coefficient (Wildman–Crippen LogP) is 5.05. The van der Waals surface area contributed by atoms with Crippen molar-refractivity contribution in [2.24, 2.45) is 0 Å². The fourth-order valence-corrected chi connectivity index (χ4v) is 5.89. The number of nitrogens with zero attached hydrogens (tertiary/aromatic N) is 1. The monoisotopic (exact) mass is 611 g/mol. The molecule has 1 aliphatic rings. The van der Waals surface area contributed by atoms with Crippen molar-refractivity contribution in [2.75, 3.05) is 13.2 Å². The highest BCUT2D eigenvalue weighted by molar-refractivity contribution is 7.90. The van der Waals surface area contributed by atoms with E-state index in [4.69, 9.17) is 16.3 Å². The number of carbonyl (C=O) groups excluding carboxylic acids is 2. The van der Waals surface area contributed by atoms with E-state index in [-0.39, 0.29) is 29.5 Å². The van der Waals surface area contributed by atoms with E-state index in [1.165, 1.54) is 0 Å². The minimum absolute atomic E-state index is 0.0774. The molecule has 0 atom stereocenters. The number of fused-ring (bicyclic) bond motifs is 1. The minimum Gasteiger partial charge on any atom is -0.494 e. The number of rotatable bonds is 12. The number of ether oxygens (including phenoxy) is 1. The van der Waals surface area contributed by atoms with Crippen LogP contribution in [0.25, 0.3) is 5.57 Å². The van der Waals surface area contributed by atoms with Crippen LogP contribution in [0.2, 0.25) is 5.02 Å². The number of allylic oxidation sites excluding steroid dienone is 1. The Morgan fingerprint density at radius 1 is 1.05 bits per heavy atom. The van der Waals surface area contributed by atoms with Gasteiger partial charge in [0.15, 0.2) is 0 Å². The van der Waals surface area contributed by atoms with Gasteiger partial charge in [0, 0.05) is 42.1 Å². The number of non-ortho nitro benzene ring substituents is 1. The number of nitrogens with one attached hydrogen (secondary N) is 2. The van der Waals surface area contributed by atoms with E-state index in [2.05, 4.69) is 5.32 Å². The van der Waals surface area contributed by atoms with Crippen LogP contribution >= 0.6 is 11.6 Å². The first kappa shape index (κ1) is 30.7. The Bertz CT molecular complexity index is 1650. The summed E-state index contributed by atoms with van der Waals surface area (Å²) in [6, 6.07) is 15.7. The molecule has 0 saturated carbocycles. The summed E-state index contributed by atoms with van der Waals surface area (Å²) in [4.78, 5) is 35.3. The van der Waals surface area contributed by atoms with Crippen LogP contribution in [-0.2, 0) is 26.0 Å². The Labute approximate surface area is 248 Å². The maximum atomic E-state index is 13.1. The molecule has 4 rings (SSSR count). The molecular weight excluding hydrogens is 582 g/mol. The molecule has 0 unspecified atom stereocenters. The molecule has 0 fully saturated rings. The van der Waals surface area contributed by atoms with Crippen LogP contribution in [0.4, 0.5) is 5.69 Å². The zero-order valence-electron chi connectivity index (χ0n) is 23.1. The lowest BCUT2D eigenvalue weighted by atomic mass is 10.0. The summed E-state index contributed by atoms with van der Waals surface area (Å²) in [5.74, 6) is -0.401. The van der Waals surface area contributed by atoms with E-state index in [9.17, 15) is 28.1 Å². The van der Waals surface area contributed by atoms with Crippen LogP contribution < -0.4 is 14.8 Å². The lowest BCUT2D eigenvalue weighted by Gasteiger charge is -2.12. The third kappa shape index (κ3) is 7.34. The van der Waals surface area contributed by atoms with Gasteiger partial charge >= 0.3 is 0 Å². The third-order valence-corrected chi connectivity index (χ3v) is 8.83. The average Bonchev–Trinajstić information content (AvgIpc) is 3.32. The van der Waals surface area contributed by atoms with Crippen LogP contribution in [0.5, 0.6) is 5.75 Å². The molecule has 2 amide bonds. The maximum Gasteiger partial charge on any atom is 0.269 e. The van der Waals surface area contributed by atoms with Crippen LogP contribution in [0.15, 0.2) is 71.1 Å². The smallest absolute Gasteiger partial charge is 0.269 e. The number of sulfonamides is 1. The Kier molecular flexibility index (Phi) is 9.64. The summed E-state index contributed by atoms with van der Waals surface area (Å²) >= 11 is 6.24. The highest BCUT2D eigenvalue weighted by Gasteiger charge is 2.26. The molecule has 3 aromatic carbocycles. The molecule has 0 radical (unpaired) electrons. The molecule has 10 nitrogen and oxygen atoms in total. The molecule has 1 aliphatic carbocycles. The number of benzene rings is 3. The molecule has 0 saturated heterocycles. The van der Waals surface area contributed by atoms with Gasteiger partial charge in [-0.1, -0.05) is 35.9 Å². The number of aryl methyl sites for hydroxylation is 2. The second-order valence-corrected chi connectivity index (χ2v) is 12.0. The van der Waals surface area contributed by atoms with Crippen molar-refractivity contribution in [2.45, 2.75) is 44.4 Å². The molecule has 42 heavy (non-hydrogen) atoms. The normalized spacial score (nSPS) is 12.5. The van der Waals surface area contributed by atoms with Crippen LogP contribution in [0, 0.1) is 24.0 Å². The Morgan fingerprint density at radius 2 is 1.71 bits per heavy atom. The van der Waals surface area contributed by atoms with Crippen molar-refractivity contribution < 1.29 is 27.7 Å². The number of hydrogen-bond donors (Lipinski definition) is 2. The zero-order chi connectivity index (χ0) is 30.4. The molecule has 0 heterocycles. The van der Waals surface area contributed by atoms with E-state index in [0.717, 1.165) is 57.8 Å². The molecular formula is C30H30ClN3O7S. The number of halogens is 1. The summed E-state index contributed by atoms with van der Waals surface area (Å²) in [5, 5.41) is 14.2. The van der Waals surface area contributed by atoms with Gasteiger partial charge in [0.2, 0.25) is 11.8 Å². The molecule has 0 spiro atoms. The van der Waals surface area contributed by atoms with Crippen molar-refractivity contribution in [1.29, 1.82) is 0 Å². The first-order chi connectivity index (χ1) is 20.0. The van der Waals surface area contributed by atoms with Gasteiger partial charge in [-0.2, -0.15) is 0 Å². The van der Waals surface area contributed by atoms with Gasteiger partial charge in [-0.25, -0.2) is 13.1 Å². The van der Waals surface area contributed by atoms with Crippen LogP contribution in [0.3, 0.4) is 0 Å². The quantitative estimate of drug-likeness (QED) is 0.166. The van der Waals surface area contributed by atoms with Crippen molar-refractivity contribution in [3.63, 3.8) is 0 Å². The zero-order valence-corrected chi connectivity index (χ0v) is 24.7. The van der Waals surface area contributed by atoms with Gasteiger partial charge in [-0.3, -0.25) is 19.7 Å². The lowest BCUT2D eigenvalue weighted by Crippen LogP contribution is -2.34. The van der Waals surface area contributed by atoms with Crippen LogP contribution in [-0.4, -0.2) is 38.3 Å². The average molecular weight is 612 g/mol. The Hall–Kier alpha value is -4.22. The molecule has 0 aliphatic heterocycles. The fourth-order valence-electron chi connectivity index (χ4n) is 4.76. The van der Waals surface area contributed by atoms with Crippen LogP contribution in [0.1, 0.15) is 41.5 Å². The Balaban J connectivity index is 1.33. The summed E-state index contributed by atoms with van der Waals surface area (Å²) in [6.45, 7) is 4.22. The van der Waals surface area contributed by atoms with Crippen molar-refractivity contribution >= 4 is 44.7 Å². The summed E-state index contributed by atoms with van der Waals surface area (Å²) < 4.78 is 32.8. The van der Waals surface area contributed by atoms with E-state index < -0.39 is 20.9 Å². The maximum absolute atomic E-state index is 13.1. The minimum atomic E-state index is -4.22. The largest absolute Gasteiger partial charge is 0.494 e. The molecule has 220 valence electrons. The number of hydrogen-bond acceptors (Lipinski definition) is 7. The van der Waals surface area contributed by atoms with Gasteiger partial charge in [0.1, 0.15) is 5.75 Å². The second-order valence-electron chi connectivity index (χ2n) is 9.90.